The third-order valence-electron chi connectivity index (χ3n) is 5.81. The number of hydrogen-bond acceptors (Lipinski definition) is 6. The molecule has 0 unspecified atom stereocenters. The van der Waals surface area contributed by atoms with Gasteiger partial charge in [0.2, 0.25) is 5.82 Å². The number of halogens is 5. The molecule has 2 aliphatic rings. The highest BCUT2D eigenvalue weighted by Gasteiger charge is 2.39. The molecule has 1 aromatic carbocycles. The van der Waals surface area contributed by atoms with E-state index in [-0.39, 0.29) is 68.6 Å². The Labute approximate surface area is 196 Å². The van der Waals surface area contributed by atoms with Crippen molar-refractivity contribution in [1.82, 2.24) is 25.3 Å². The van der Waals surface area contributed by atoms with E-state index in [0.717, 1.165) is 0 Å². The van der Waals surface area contributed by atoms with Gasteiger partial charge in [-0.2, -0.15) is 18.2 Å². The Kier molecular flexibility index (Phi) is 6.92. The summed E-state index contributed by atoms with van der Waals surface area (Å²) >= 11 is 0. The molecular weight excluding hydrogens is 481 g/mol. The molecule has 2 fully saturated rings. The number of rotatable bonds is 4. The van der Waals surface area contributed by atoms with Gasteiger partial charge in [0.25, 0.3) is 11.8 Å². The number of carbonyl (C=O) groups is 2. The first-order valence-electron chi connectivity index (χ1n) is 10.8. The topological polar surface area (TPSA) is 101 Å². The minimum atomic E-state index is -4.76. The van der Waals surface area contributed by atoms with Crippen LogP contribution in [0.25, 0.3) is 11.4 Å². The van der Waals surface area contributed by atoms with Crippen LogP contribution in [0.4, 0.5) is 26.7 Å². The summed E-state index contributed by atoms with van der Waals surface area (Å²) in [5, 5.41) is 6.00. The number of nitrogens with one attached hydrogen (secondary N) is 1. The van der Waals surface area contributed by atoms with Crippen LogP contribution in [-0.4, -0.2) is 83.2 Å². The van der Waals surface area contributed by atoms with Gasteiger partial charge in [0.05, 0.1) is 19.3 Å². The van der Waals surface area contributed by atoms with Crippen molar-refractivity contribution >= 4 is 11.9 Å². The monoisotopic (exact) mass is 503 g/mol. The molecule has 1 aromatic heterocycles. The van der Waals surface area contributed by atoms with Gasteiger partial charge in [0.1, 0.15) is 0 Å². The van der Waals surface area contributed by atoms with E-state index < -0.39 is 29.9 Å². The van der Waals surface area contributed by atoms with Crippen molar-refractivity contribution in [3.8, 4) is 11.4 Å². The quantitative estimate of drug-likeness (QED) is 0.644. The zero-order chi connectivity index (χ0) is 25.2. The molecule has 2 aromatic rings. The van der Waals surface area contributed by atoms with E-state index in [4.69, 9.17) is 4.74 Å². The molecule has 0 aliphatic carbocycles. The van der Waals surface area contributed by atoms with Gasteiger partial charge in [-0.15, -0.1) is 0 Å². The maximum Gasteiger partial charge on any atom is 0.471 e. The van der Waals surface area contributed by atoms with Crippen LogP contribution in [0.3, 0.4) is 0 Å². The van der Waals surface area contributed by atoms with Gasteiger partial charge in [0.15, 0.2) is 0 Å². The Morgan fingerprint density at radius 2 is 1.80 bits per heavy atom. The number of urea groups is 1. The lowest BCUT2D eigenvalue weighted by Crippen LogP contribution is -2.58. The third-order valence-corrected chi connectivity index (χ3v) is 5.81. The maximum atomic E-state index is 13.4. The van der Waals surface area contributed by atoms with Crippen molar-refractivity contribution in [3.05, 3.63) is 35.7 Å². The summed E-state index contributed by atoms with van der Waals surface area (Å²) in [6, 6.07) is 4.69. The Morgan fingerprint density at radius 3 is 2.43 bits per heavy atom. The van der Waals surface area contributed by atoms with Crippen LogP contribution < -0.4 is 5.32 Å². The van der Waals surface area contributed by atoms with Crippen LogP contribution in [0, 0.1) is 0 Å². The van der Waals surface area contributed by atoms with Crippen LogP contribution in [0.5, 0.6) is 0 Å². The van der Waals surface area contributed by atoms with Gasteiger partial charge in [-0.25, -0.2) is 13.6 Å². The van der Waals surface area contributed by atoms with E-state index in [9.17, 15) is 31.5 Å². The Balaban J connectivity index is 1.34. The predicted molar refractivity (Wildman–Crippen MR) is 110 cm³/mol. The predicted octanol–water partition coefficient (Wildman–Crippen LogP) is 3.04. The van der Waals surface area contributed by atoms with Crippen molar-refractivity contribution < 1.29 is 40.8 Å². The summed E-state index contributed by atoms with van der Waals surface area (Å²) in [5.41, 5.74) is 0.450. The molecule has 2 saturated heterocycles. The average Bonchev–Trinajstić information content (AvgIpc) is 3.34. The lowest BCUT2D eigenvalue weighted by molar-refractivity contribution is -0.159. The molecule has 14 heteroatoms. The first-order chi connectivity index (χ1) is 16.5. The van der Waals surface area contributed by atoms with Crippen LogP contribution in [-0.2, 0) is 10.9 Å². The molecule has 35 heavy (non-hydrogen) atoms. The second-order valence-electron chi connectivity index (χ2n) is 8.26. The first kappa shape index (κ1) is 24.8. The van der Waals surface area contributed by atoms with E-state index in [1.165, 1.54) is 34.1 Å². The Morgan fingerprint density at radius 1 is 1.11 bits per heavy atom. The molecular formula is C21H22F5N5O4. The number of piperidine rings is 1. The second kappa shape index (κ2) is 9.76. The standard InChI is InChI=1S/C21H22F5N5O4/c22-20(23)5-7-30(8-6-20)19(33)31-9-10-34-12-15(31)11-27-17(32)14-3-1-13(2-4-14)16-28-18(35-29-16)21(24,25)26/h1-4,15H,5-12H2,(H,27,32)/t15-/m0/s1. The number of nitrogens with zero attached hydrogens (tertiary/aromatic N) is 4. The summed E-state index contributed by atoms with van der Waals surface area (Å²) in [6.07, 6.45) is -5.54. The summed E-state index contributed by atoms with van der Waals surface area (Å²) in [7, 11) is 0. The van der Waals surface area contributed by atoms with Crippen molar-refractivity contribution in [2.45, 2.75) is 31.0 Å². The number of morpholine rings is 1. The minimum absolute atomic E-state index is 0.0422. The maximum absolute atomic E-state index is 13.4. The van der Waals surface area contributed by atoms with Crippen molar-refractivity contribution in [1.29, 1.82) is 0 Å². The largest absolute Gasteiger partial charge is 0.471 e. The third kappa shape index (κ3) is 5.86. The molecule has 0 radical (unpaired) electrons. The zero-order valence-corrected chi connectivity index (χ0v) is 18.4. The molecule has 190 valence electrons. The van der Waals surface area contributed by atoms with Gasteiger partial charge in [0, 0.05) is 50.1 Å². The van der Waals surface area contributed by atoms with Crippen molar-refractivity contribution in [3.63, 3.8) is 0 Å². The smallest absolute Gasteiger partial charge is 0.377 e. The molecule has 3 heterocycles. The number of aromatic nitrogens is 2. The second-order valence-corrected chi connectivity index (χ2v) is 8.26. The number of hydrogen-bond donors (Lipinski definition) is 1. The molecule has 0 saturated carbocycles. The molecule has 3 amide bonds. The fourth-order valence-electron chi connectivity index (χ4n) is 3.82. The number of alkyl halides is 5. The highest BCUT2D eigenvalue weighted by Crippen LogP contribution is 2.30. The summed E-state index contributed by atoms with van der Waals surface area (Å²) in [6.45, 7) is 0.725. The van der Waals surface area contributed by atoms with Crippen LogP contribution in [0.2, 0.25) is 0 Å². The number of carbonyl (C=O) groups excluding carboxylic acids is 2. The SMILES string of the molecule is O=C(NC[C@H]1COCCN1C(=O)N1CCC(F)(F)CC1)c1ccc(-c2noc(C(F)(F)F)n2)cc1. The van der Waals surface area contributed by atoms with E-state index in [1.807, 2.05) is 0 Å². The minimum Gasteiger partial charge on any atom is -0.377 e. The Hall–Kier alpha value is -3.29. The van der Waals surface area contributed by atoms with Gasteiger partial charge in [-0.05, 0) is 12.1 Å². The van der Waals surface area contributed by atoms with Gasteiger partial charge >= 0.3 is 18.1 Å². The fraction of sp³-hybridized carbons (Fsp3) is 0.524. The van der Waals surface area contributed by atoms with Crippen molar-refractivity contribution in [2.75, 3.05) is 39.4 Å². The van der Waals surface area contributed by atoms with E-state index >= 15 is 0 Å². The number of amides is 3. The molecule has 0 spiro atoms. The number of likely N-dealkylation sites (tertiary alicyclic amines) is 1. The van der Waals surface area contributed by atoms with Crippen LogP contribution >= 0.6 is 0 Å². The zero-order valence-electron chi connectivity index (χ0n) is 18.4. The van der Waals surface area contributed by atoms with E-state index in [0.29, 0.717) is 6.61 Å². The highest BCUT2D eigenvalue weighted by atomic mass is 19.4. The van der Waals surface area contributed by atoms with Crippen LogP contribution in [0.1, 0.15) is 29.1 Å². The molecule has 4 rings (SSSR count). The lowest BCUT2D eigenvalue weighted by Gasteiger charge is -2.41. The number of ether oxygens (including phenoxy) is 1. The molecule has 0 bridgehead atoms. The van der Waals surface area contributed by atoms with Crippen LogP contribution in [0.15, 0.2) is 28.8 Å². The molecule has 2 aliphatic heterocycles. The summed E-state index contributed by atoms with van der Waals surface area (Å²) < 4.78 is 74.3. The highest BCUT2D eigenvalue weighted by molar-refractivity contribution is 5.94. The summed E-state index contributed by atoms with van der Waals surface area (Å²) in [4.78, 5) is 31.6. The van der Waals surface area contributed by atoms with Gasteiger partial charge in [-0.1, -0.05) is 17.3 Å². The van der Waals surface area contributed by atoms with Gasteiger partial charge < -0.3 is 24.4 Å². The average molecular weight is 503 g/mol. The van der Waals surface area contributed by atoms with E-state index in [1.54, 1.807) is 0 Å². The summed E-state index contributed by atoms with van der Waals surface area (Å²) in [5.74, 6) is -4.99. The normalized spacial score (nSPS) is 20.5. The Bertz CT molecular complexity index is 1050. The number of benzene rings is 1. The van der Waals surface area contributed by atoms with Crippen molar-refractivity contribution in [2.24, 2.45) is 0 Å². The molecule has 1 atom stereocenters. The fourth-order valence-corrected chi connectivity index (χ4v) is 3.82. The first-order valence-corrected chi connectivity index (χ1v) is 10.8. The lowest BCUT2D eigenvalue weighted by atomic mass is 10.1. The van der Waals surface area contributed by atoms with E-state index in [2.05, 4.69) is 20.0 Å². The molecule has 1 N–H and O–H groups in total. The molecule has 9 nitrogen and oxygen atoms in total. The van der Waals surface area contributed by atoms with Gasteiger partial charge in [-0.3, -0.25) is 4.79 Å².